The first-order chi connectivity index (χ1) is 8.72. The summed E-state index contributed by atoms with van der Waals surface area (Å²) in [7, 11) is 0. The monoisotopic (exact) mass is 283 g/mol. The van der Waals surface area contributed by atoms with Gasteiger partial charge in [0.2, 0.25) is 0 Å². The van der Waals surface area contributed by atoms with Gasteiger partial charge in [-0.15, -0.1) is 0 Å². The number of aromatic nitrogens is 2. The van der Waals surface area contributed by atoms with Gasteiger partial charge in [-0.3, -0.25) is 4.68 Å². The summed E-state index contributed by atoms with van der Waals surface area (Å²) in [6, 6.07) is 0.318. The average molecular weight is 284 g/mol. The SMILES string of the molecule is CC(=CCCNC(C)(C)C)c1c(Cl)cnn1C(C)C. The van der Waals surface area contributed by atoms with Crippen LogP contribution in [0.25, 0.3) is 5.57 Å². The van der Waals surface area contributed by atoms with E-state index < -0.39 is 0 Å². The Bertz CT molecular complexity index is 439. The van der Waals surface area contributed by atoms with E-state index in [2.05, 4.69) is 58.0 Å². The second-order valence-corrected chi connectivity index (χ2v) is 6.64. The van der Waals surface area contributed by atoms with Crippen LogP contribution in [-0.4, -0.2) is 21.9 Å². The molecule has 4 heteroatoms. The van der Waals surface area contributed by atoms with Crippen LogP contribution in [0.2, 0.25) is 5.02 Å². The molecule has 0 saturated heterocycles. The Kier molecular flexibility index (Phi) is 5.63. The lowest BCUT2D eigenvalue weighted by atomic mass is 10.1. The Labute approximate surface area is 122 Å². The largest absolute Gasteiger partial charge is 0.312 e. The highest BCUT2D eigenvalue weighted by atomic mass is 35.5. The van der Waals surface area contributed by atoms with E-state index in [0.29, 0.717) is 6.04 Å². The highest BCUT2D eigenvalue weighted by Crippen LogP contribution is 2.26. The van der Waals surface area contributed by atoms with Crippen molar-refractivity contribution in [3.8, 4) is 0 Å². The first-order valence-corrected chi connectivity index (χ1v) is 7.25. The highest BCUT2D eigenvalue weighted by molar-refractivity contribution is 6.32. The van der Waals surface area contributed by atoms with E-state index in [1.54, 1.807) is 6.20 Å². The lowest BCUT2D eigenvalue weighted by molar-refractivity contribution is 0.431. The number of rotatable bonds is 5. The van der Waals surface area contributed by atoms with Crippen LogP contribution in [0.1, 0.15) is 59.7 Å². The number of hydrogen-bond donors (Lipinski definition) is 1. The molecule has 0 aliphatic carbocycles. The third-order valence-electron chi connectivity index (χ3n) is 2.86. The molecule has 108 valence electrons. The molecule has 0 unspecified atom stereocenters. The van der Waals surface area contributed by atoms with Crippen LogP contribution < -0.4 is 5.32 Å². The average Bonchev–Trinajstić information content (AvgIpc) is 2.65. The van der Waals surface area contributed by atoms with E-state index in [1.165, 1.54) is 5.57 Å². The Morgan fingerprint density at radius 2 is 2.11 bits per heavy atom. The van der Waals surface area contributed by atoms with Crippen LogP contribution in [0.15, 0.2) is 12.3 Å². The molecule has 1 N–H and O–H groups in total. The number of nitrogens with one attached hydrogen (secondary N) is 1. The summed E-state index contributed by atoms with van der Waals surface area (Å²) in [6.45, 7) is 13.8. The van der Waals surface area contributed by atoms with Gasteiger partial charge in [-0.1, -0.05) is 17.7 Å². The van der Waals surface area contributed by atoms with Crippen LogP contribution in [-0.2, 0) is 0 Å². The molecule has 0 spiro atoms. The van der Waals surface area contributed by atoms with Gasteiger partial charge in [0.25, 0.3) is 0 Å². The zero-order valence-corrected chi connectivity index (χ0v) is 13.7. The topological polar surface area (TPSA) is 29.9 Å². The molecule has 3 nitrogen and oxygen atoms in total. The second kappa shape index (κ2) is 6.58. The van der Waals surface area contributed by atoms with Crippen molar-refractivity contribution in [3.05, 3.63) is 23.0 Å². The summed E-state index contributed by atoms with van der Waals surface area (Å²) in [4.78, 5) is 0. The zero-order valence-electron chi connectivity index (χ0n) is 12.9. The molecule has 0 amide bonds. The standard InChI is InChI=1S/C15H26ClN3/c1-11(2)19-14(13(16)10-18-19)12(3)8-7-9-17-15(4,5)6/h8,10-11,17H,7,9H2,1-6H3. The fourth-order valence-corrected chi connectivity index (χ4v) is 2.21. The van der Waals surface area contributed by atoms with Crippen molar-refractivity contribution >= 4 is 17.2 Å². The Morgan fingerprint density at radius 3 is 2.63 bits per heavy atom. The van der Waals surface area contributed by atoms with Gasteiger partial charge in [0, 0.05) is 11.6 Å². The first kappa shape index (κ1) is 16.3. The lowest BCUT2D eigenvalue weighted by Gasteiger charge is -2.20. The third-order valence-corrected chi connectivity index (χ3v) is 3.14. The maximum absolute atomic E-state index is 6.23. The molecular weight excluding hydrogens is 258 g/mol. The minimum Gasteiger partial charge on any atom is -0.312 e. The van der Waals surface area contributed by atoms with Crippen LogP contribution in [0.5, 0.6) is 0 Å². The maximum Gasteiger partial charge on any atom is 0.0862 e. The summed E-state index contributed by atoms with van der Waals surface area (Å²) in [5.41, 5.74) is 2.39. The molecule has 0 aliphatic rings. The Balaban J connectivity index is 2.72. The fraction of sp³-hybridized carbons (Fsp3) is 0.667. The lowest BCUT2D eigenvalue weighted by Crippen LogP contribution is -2.36. The molecule has 1 rings (SSSR count). The van der Waals surface area contributed by atoms with Gasteiger partial charge < -0.3 is 5.32 Å². The van der Waals surface area contributed by atoms with Gasteiger partial charge in [0.05, 0.1) is 16.9 Å². The van der Waals surface area contributed by atoms with Crippen LogP contribution in [0.3, 0.4) is 0 Å². The minimum absolute atomic E-state index is 0.166. The second-order valence-electron chi connectivity index (χ2n) is 6.23. The number of allylic oxidation sites excluding steroid dienone is 1. The van der Waals surface area contributed by atoms with Crippen molar-refractivity contribution in [2.24, 2.45) is 0 Å². The molecule has 0 fully saturated rings. The summed E-state index contributed by atoms with van der Waals surface area (Å²) in [5.74, 6) is 0. The van der Waals surface area contributed by atoms with Gasteiger partial charge >= 0.3 is 0 Å². The molecule has 0 saturated carbocycles. The number of hydrogen-bond acceptors (Lipinski definition) is 2. The van der Waals surface area contributed by atoms with Crippen molar-refractivity contribution in [2.75, 3.05) is 6.54 Å². The predicted molar refractivity (Wildman–Crippen MR) is 83.6 cm³/mol. The summed E-state index contributed by atoms with van der Waals surface area (Å²) < 4.78 is 1.98. The van der Waals surface area contributed by atoms with Crippen LogP contribution >= 0.6 is 11.6 Å². The Morgan fingerprint density at radius 1 is 1.47 bits per heavy atom. The molecule has 0 atom stereocenters. The predicted octanol–water partition coefficient (Wildman–Crippen LogP) is 4.30. The Hall–Kier alpha value is -0.800. The van der Waals surface area contributed by atoms with E-state index in [1.807, 2.05) is 4.68 Å². The molecule has 0 radical (unpaired) electrons. The summed E-state index contributed by atoms with van der Waals surface area (Å²) in [6.07, 6.45) is 4.94. The van der Waals surface area contributed by atoms with Crippen molar-refractivity contribution in [1.82, 2.24) is 15.1 Å². The molecule has 0 aliphatic heterocycles. The smallest absolute Gasteiger partial charge is 0.0862 e. The van der Waals surface area contributed by atoms with Gasteiger partial charge in [0.1, 0.15) is 0 Å². The summed E-state index contributed by atoms with van der Waals surface area (Å²) in [5, 5.41) is 8.53. The van der Waals surface area contributed by atoms with Crippen molar-refractivity contribution in [3.63, 3.8) is 0 Å². The van der Waals surface area contributed by atoms with Gasteiger partial charge in [-0.2, -0.15) is 5.10 Å². The highest BCUT2D eigenvalue weighted by Gasteiger charge is 2.13. The van der Waals surface area contributed by atoms with E-state index in [-0.39, 0.29) is 5.54 Å². The van der Waals surface area contributed by atoms with Gasteiger partial charge in [-0.25, -0.2) is 0 Å². The fourth-order valence-electron chi connectivity index (χ4n) is 1.93. The number of halogens is 1. The molecule has 1 aromatic rings. The van der Waals surface area contributed by atoms with E-state index in [0.717, 1.165) is 23.7 Å². The van der Waals surface area contributed by atoms with Crippen LogP contribution in [0, 0.1) is 0 Å². The van der Waals surface area contributed by atoms with E-state index in [9.17, 15) is 0 Å². The molecule has 19 heavy (non-hydrogen) atoms. The van der Waals surface area contributed by atoms with Gasteiger partial charge in [0.15, 0.2) is 0 Å². The van der Waals surface area contributed by atoms with Crippen molar-refractivity contribution < 1.29 is 0 Å². The quantitative estimate of drug-likeness (QED) is 0.817. The van der Waals surface area contributed by atoms with Crippen molar-refractivity contribution in [2.45, 2.75) is 59.5 Å². The first-order valence-electron chi connectivity index (χ1n) is 6.87. The molecule has 0 aromatic carbocycles. The maximum atomic E-state index is 6.23. The molecule has 1 aromatic heterocycles. The van der Waals surface area contributed by atoms with E-state index >= 15 is 0 Å². The minimum atomic E-state index is 0.166. The van der Waals surface area contributed by atoms with Crippen LogP contribution in [0.4, 0.5) is 0 Å². The summed E-state index contributed by atoms with van der Waals surface area (Å²) >= 11 is 6.23. The number of nitrogens with zero attached hydrogens (tertiary/aromatic N) is 2. The molecule has 1 heterocycles. The third kappa shape index (κ3) is 5.00. The normalized spacial score (nSPS) is 13.4. The van der Waals surface area contributed by atoms with Crippen molar-refractivity contribution in [1.29, 1.82) is 0 Å². The molecule has 0 bridgehead atoms. The zero-order chi connectivity index (χ0) is 14.6. The van der Waals surface area contributed by atoms with Gasteiger partial charge in [-0.05, 0) is 60.1 Å². The van der Waals surface area contributed by atoms with E-state index in [4.69, 9.17) is 11.6 Å². The molecular formula is C15H26ClN3.